The van der Waals surface area contributed by atoms with Crippen molar-refractivity contribution < 1.29 is 0 Å². The standard InChI is InChI=1S/C14H23NS/c1-5-11(2)12-6-8-13(9-7-12)14(10-16)15(3)4/h6-9,11,14,16H,5,10H2,1-4H3. The van der Waals surface area contributed by atoms with Crippen LogP contribution in [0.2, 0.25) is 0 Å². The molecule has 1 rings (SSSR count). The van der Waals surface area contributed by atoms with Gasteiger partial charge in [0.05, 0.1) is 0 Å². The molecule has 0 N–H and O–H groups in total. The zero-order valence-corrected chi connectivity index (χ0v) is 11.7. The number of thiol groups is 1. The van der Waals surface area contributed by atoms with Crippen LogP contribution in [0.25, 0.3) is 0 Å². The first-order valence-electron chi connectivity index (χ1n) is 5.97. The van der Waals surface area contributed by atoms with Crippen molar-refractivity contribution in [3.05, 3.63) is 35.4 Å². The largest absolute Gasteiger partial charge is 0.302 e. The molecule has 0 heterocycles. The molecule has 0 radical (unpaired) electrons. The molecule has 0 fully saturated rings. The fourth-order valence-corrected chi connectivity index (χ4v) is 2.39. The van der Waals surface area contributed by atoms with Gasteiger partial charge in [-0.05, 0) is 37.6 Å². The van der Waals surface area contributed by atoms with Crippen LogP contribution in [0.4, 0.5) is 0 Å². The van der Waals surface area contributed by atoms with Gasteiger partial charge in [-0.3, -0.25) is 0 Å². The Labute approximate surface area is 105 Å². The van der Waals surface area contributed by atoms with Gasteiger partial charge >= 0.3 is 0 Å². The summed E-state index contributed by atoms with van der Waals surface area (Å²) in [5.74, 6) is 1.51. The summed E-state index contributed by atoms with van der Waals surface area (Å²) in [5.41, 5.74) is 2.79. The smallest absolute Gasteiger partial charge is 0.0429 e. The molecule has 0 aromatic heterocycles. The summed E-state index contributed by atoms with van der Waals surface area (Å²) in [7, 11) is 4.20. The molecule has 16 heavy (non-hydrogen) atoms. The third-order valence-corrected chi connectivity index (χ3v) is 3.64. The molecular formula is C14H23NS. The van der Waals surface area contributed by atoms with Crippen molar-refractivity contribution in [2.45, 2.75) is 32.2 Å². The van der Waals surface area contributed by atoms with Crippen LogP contribution < -0.4 is 0 Å². The fourth-order valence-electron chi connectivity index (χ4n) is 1.85. The van der Waals surface area contributed by atoms with Crippen molar-refractivity contribution in [2.24, 2.45) is 0 Å². The van der Waals surface area contributed by atoms with Crippen molar-refractivity contribution >= 4 is 12.6 Å². The van der Waals surface area contributed by atoms with E-state index in [1.54, 1.807) is 0 Å². The summed E-state index contributed by atoms with van der Waals surface area (Å²) in [4.78, 5) is 2.21. The molecule has 0 bridgehead atoms. The number of hydrogen-bond donors (Lipinski definition) is 1. The van der Waals surface area contributed by atoms with Crippen molar-refractivity contribution in [1.82, 2.24) is 4.90 Å². The zero-order valence-electron chi connectivity index (χ0n) is 10.8. The van der Waals surface area contributed by atoms with Crippen LogP contribution in [-0.4, -0.2) is 24.7 Å². The topological polar surface area (TPSA) is 3.24 Å². The van der Waals surface area contributed by atoms with E-state index in [0.29, 0.717) is 12.0 Å². The second kappa shape index (κ2) is 6.31. The van der Waals surface area contributed by atoms with Gasteiger partial charge in [0.25, 0.3) is 0 Å². The van der Waals surface area contributed by atoms with Crippen LogP contribution in [0, 0.1) is 0 Å². The highest BCUT2D eigenvalue weighted by Gasteiger charge is 2.12. The molecule has 2 unspecified atom stereocenters. The van der Waals surface area contributed by atoms with Crippen LogP contribution in [0.15, 0.2) is 24.3 Å². The van der Waals surface area contributed by atoms with E-state index in [0.717, 1.165) is 5.75 Å². The number of rotatable bonds is 5. The number of hydrogen-bond acceptors (Lipinski definition) is 2. The predicted octanol–water partition coefficient (Wildman–Crippen LogP) is 3.73. The second-order valence-corrected chi connectivity index (χ2v) is 5.00. The normalized spacial score (nSPS) is 15.1. The molecule has 1 aromatic carbocycles. The zero-order chi connectivity index (χ0) is 12.1. The van der Waals surface area contributed by atoms with Gasteiger partial charge in [0, 0.05) is 11.8 Å². The first-order valence-corrected chi connectivity index (χ1v) is 6.60. The Morgan fingerprint density at radius 1 is 1.12 bits per heavy atom. The van der Waals surface area contributed by atoms with Gasteiger partial charge < -0.3 is 4.90 Å². The Hall–Kier alpha value is -0.470. The van der Waals surface area contributed by atoms with E-state index in [9.17, 15) is 0 Å². The first-order chi connectivity index (χ1) is 7.60. The maximum absolute atomic E-state index is 4.41. The molecule has 0 amide bonds. The molecule has 2 heteroatoms. The van der Waals surface area contributed by atoms with Gasteiger partial charge in [-0.1, -0.05) is 38.1 Å². The van der Waals surface area contributed by atoms with E-state index >= 15 is 0 Å². The first kappa shape index (κ1) is 13.6. The van der Waals surface area contributed by atoms with E-state index < -0.39 is 0 Å². The Bertz CT molecular complexity index is 305. The van der Waals surface area contributed by atoms with Gasteiger partial charge in [0.15, 0.2) is 0 Å². The Morgan fingerprint density at radius 2 is 1.62 bits per heavy atom. The second-order valence-electron chi connectivity index (χ2n) is 4.64. The molecule has 0 aliphatic heterocycles. The van der Waals surface area contributed by atoms with E-state index in [-0.39, 0.29) is 0 Å². The quantitative estimate of drug-likeness (QED) is 0.764. The lowest BCUT2D eigenvalue weighted by Crippen LogP contribution is -2.21. The third-order valence-electron chi connectivity index (χ3n) is 3.30. The van der Waals surface area contributed by atoms with Crippen molar-refractivity contribution in [3.8, 4) is 0 Å². The molecule has 2 atom stereocenters. The monoisotopic (exact) mass is 237 g/mol. The minimum atomic E-state index is 0.411. The minimum absolute atomic E-state index is 0.411. The summed E-state index contributed by atoms with van der Waals surface area (Å²) in [6, 6.07) is 9.40. The highest BCUT2D eigenvalue weighted by Crippen LogP contribution is 2.23. The Balaban J connectivity index is 2.85. The predicted molar refractivity (Wildman–Crippen MR) is 75.4 cm³/mol. The molecule has 0 aliphatic carbocycles. The van der Waals surface area contributed by atoms with Gasteiger partial charge in [-0.25, -0.2) is 0 Å². The molecule has 1 aromatic rings. The third kappa shape index (κ3) is 3.26. The van der Waals surface area contributed by atoms with Crippen molar-refractivity contribution in [2.75, 3.05) is 19.8 Å². The number of benzene rings is 1. The molecule has 90 valence electrons. The lowest BCUT2D eigenvalue weighted by Gasteiger charge is -2.23. The molecule has 0 saturated carbocycles. The van der Waals surface area contributed by atoms with Crippen LogP contribution >= 0.6 is 12.6 Å². The summed E-state index contributed by atoms with van der Waals surface area (Å²) in [6.45, 7) is 4.51. The van der Waals surface area contributed by atoms with Gasteiger partial charge in [0.2, 0.25) is 0 Å². The van der Waals surface area contributed by atoms with Crippen molar-refractivity contribution in [3.63, 3.8) is 0 Å². The highest BCUT2D eigenvalue weighted by molar-refractivity contribution is 7.80. The lowest BCUT2D eigenvalue weighted by atomic mass is 9.96. The van der Waals surface area contributed by atoms with Gasteiger partial charge in [-0.2, -0.15) is 12.6 Å². The van der Waals surface area contributed by atoms with Crippen molar-refractivity contribution in [1.29, 1.82) is 0 Å². The highest BCUT2D eigenvalue weighted by atomic mass is 32.1. The Morgan fingerprint density at radius 3 is 2.00 bits per heavy atom. The number of nitrogens with zero attached hydrogens (tertiary/aromatic N) is 1. The van der Waals surface area contributed by atoms with E-state index in [4.69, 9.17) is 0 Å². The maximum atomic E-state index is 4.41. The maximum Gasteiger partial charge on any atom is 0.0429 e. The van der Waals surface area contributed by atoms with Gasteiger partial charge in [-0.15, -0.1) is 0 Å². The average Bonchev–Trinajstić information content (AvgIpc) is 2.29. The summed E-state index contributed by atoms with van der Waals surface area (Å²) in [6.07, 6.45) is 1.20. The van der Waals surface area contributed by atoms with Crippen LogP contribution in [0.5, 0.6) is 0 Å². The van der Waals surface area contributed by atoms with E-state index in [1.165, 1.54) is 17.5 Å². The van der Waals surface area contributed by atoms with Crippen LogP contribution in [0.3, 0.4) is 0 Å². The molecule has 0 spiro atoms. The van der Waals surface area contributed by atoms with E-state index in [1.807, 2.05) is 0 Å². The van der Waals surface area contributed by atoms with E-state index in [2.05, 4.69) is 69.7 Å². The molecule has 0 aliphatic rings. The molecule has 1 nitrogen and oxygen atoms in total. The molecule has 0 saturated heterocycles. The molecular weight excluding hydrogens is 214 g/mol. The van der Waals surface area contributed by atoms with Crippen LogP contribution in [-0.2, 0) is 0 Å². The minimum Gasteiger partial charge on any atom is -0.302 e. The fraction of sp³-hybridized carbons (Fsp3) is 0.571. The summed E-state index contributed by atoms with van der Waals surface area (Å²) >= 11 is 4.41. The summed E-state index contributed by atoms with van der Waals surface area (Å²) in [5, 5.41) is 0. The Kier molecular flexibility index (Phi) is 5.36. The van der Waals surface area contributed by atoms with Crippen LogP contribution in [0.1, 0.15) is 43.4 Å². The summed E-state index contributed by atoms with van der Waals surface area (Å²) < 4.78 is 0. The SMILES string of the molecule is CCC(C)c1ccc(C(CS)N(C)C)cc1. The average molecular weight is 237 g/mol. The lowest BCUT2D eigenvalue weighted by molar-refractivity contribution is 0.326. The van der Waals surface area contributed by atoms with Gasteiger partial charge in [0.1, 0.15) is 0 Å².